The van der Waals surface area contributed by atoms with E-state index in [9.17, 15) is 0 Å². The lowest BCUT2D eigenvalue weighted by molar-refractivity contribution is 0.0620. The Bertz CT molecular complexity index is 725. The number of ether oxygens (including phenoxy) is 1. The molecule has 4 heteroatoms. The monoisotopic (exact) mass is 309 g/mol. The zero-order valence-electron chi connectivity index (χ0n) is 13.4. The van der Waals surface area contributed by atoms with Gasteiger partial charge in [0.15, 0.2) is 0 Å². The normalized spacial score (nSPS) is 19.3. The molecule has 2 aliphatic rings. The molecule has 2 aromatic rings. The molecule has 1 fully saturated rings. The van der Waals surface area contributed by atoms with E-state index in [-0.39, 0.29) is 0 Å². The maximum Gasteiger partial charge on any atom is 0.0857 e. The average Bonchev–Trinajstić information content (AvgIpc) is 3.09. The summed E-state index contributed by atoms with van der Waals surface area (Å²) in [6.45, 7) is 3.89. The van der Waals surface area contributed by atoms with Crippen molar-refractivity contribution < 1.29 is 4.74 Å². The predicted octanol–water partition coefficient (Wildman–Crippen LogP) is 3.67. The summed E-state index contributed by atoms with van der Waals surface area (Å²) in [7, 11) is 0. The first-order valence-corrected chi connectivity index (χ1v) is 8.52. The molecular weight excluding hydrogens is 286 g/mol. The first kappa shape index (κ1) is 14.5. The van der Waals surface area contributed by atoms with E-state index in [0.717, 1.165) is 37.9 Å². The molecule has 1 saturated heterocycles. The van der Waals surface area contributed by atoms with Crippen molar-refractivity contribution in [2.24, 2.45) is 10.9 Å². The van der Waals surface area contributed by atoms with Crippen molar-refractivity contribution >= 4 is 22.8 Å². The SMILES string of the molecule is C1=NC(c2ccc3[nH]ccc3c2)=CN(CCC2CCOCC2)C1. The first-order chi connectivity index (χ1) is 11.4. The second-order valence-corrected chi connectivity index (χ2v) is 6.45. The topological polar surface area (TPSA) is 40.6 Å². The van der Waals surface area contributed by atoms with Gasteiger partial charge >= 0.3 is 0 Å². The highest BCUT2D eigenvalue weighted by atomic mass is 16.5. The molecule has 0 bridgehead atoms. The van der Waals surface area contributed by atoms with Gasteiger partial charge < -0.3 is 14.6 Å². The standard InChI is InChI=1S/C19H23N3O/c1-2-18-17(3-7-20-18)13-16(1)19-14-22(10-8-21-19)9-4-15-5-11-23-12-6-15/h1-3,7-8,13-15,20H,4-6,9-12H2. The zero-order valence-corrected chi connectivity index (χ0v) is 13.4. The van der Waals surface area contributed by atoms with Crippen LogP contribution in [0.3, 0.4) is 0 Å². The van der Waals surface area contributed by atoms with E-state index < -0.39 is 0 Å². The molecular formula is C19H23N3O. The van der Waals surface area contributed by atoms with Crippen molar-refractivity contribution in [2.45, 2.75) is 19.3 Å². The summed E-state index contributed by atoms with van der Waals surface area (Å²) in [6.07, 6.45) is 9.89. The fraction of sp³-hybridized carbons (Fsp3) is 0.421. The van der Waals surface area contributed by atoms with Crippen molar-refractivity contribution in [3.8, 4) is 0 Å². The Balaban J connectivity index is 1.45. The molecule has 0 unspecified atom stereocenters. The molecule has 4 nitrogen and oxygen atoms in total. The minimum absolute atomic E-state index is 0.815. The molecule has 23 heavy (non-hydrogen) atoms. The maximum absolute atomic E-state index is 5.45. The fourth-order valence-electron chi connectivity index (χ4n) is 3.40. The van der Waals surface area contributed by atoms with Gasteiger partial charge in [0.2, 0.25) is 0 Å². The Morgan fingerprint density at radius 2 is 2.13 bits per heavy atom. The number of nitrogens with zero attached hydrogens (tertiary/aromatic N) is 2. The van der Waals surface area contributed by atoms with Crippen LogP contribution in [0, 0.1) is 5.92 Å². The van der Waals surface area contributed by atoms with Crippen LogP contribution < -0.4 is 0 Å². The molecule has 2 aliphatic heterocycles. The van der Waals surface area contributed by atoms with Crippen LogP contribution in [0.15, 0.2) is 41.7 Å². The Morgan fingerprint density at radius 1 is 1.22 bits per heavy atom. The molecule has 0 saturated carbocycles. The number of benzene rings is 1. The van der Waals surface area contributed by atoms with Crippen LogP contribution in [0.4, 0.5) is 0 Å². The van der Waals surface area contributed by atoms with E-state index in [1.54, 1.807) is 0 Å². The van der Waals surface area contributed by atoms with E-state index in [1.165, 1.54) is 35.7 Å². The third-order valence-electron chi connectivity index (χ3n) is 4.87. The summed E-state index contributed by atoms with van der Waals surface area (Å²) >= 11 is 0. The van der Waals surface area contributed by atoms with Gasteiger partial charge in [0.1, 0.15) is 0 Å². The molecule has 120 valence electrons. The van der Waals surface area contributed by atoms with Gasteiger partial charge in [-0.2, -0.15) is 0 Å². The molecule has 0 amide bonds. The van der Waals surface area contributed by atoms with E-state index >= 15 is 0 Å². The largest absolute Gasteiger partial charge is 0.381 e. The number of fused-ring (bicyclic) bond motifs is 1. The quantitative estimate of drug-likeness (QED) is 0.936. The van der Waals surface area contributed by atoms with Crippen LogP contribution in [0.25, 0.3) is 16.6 Å². The number of rotatable bonds is 4. The predicted molar refractivity (Wildman–Crippen MR) is 94.5 cm³/mol. The lowest BCUT2D eigenvalue weighted by Gasteiger charge is -2.27. The lowest BCUT2D eigenvalue weighted by Crippen LogP contribution is -2.27. The minimum Gasteiger partial charge on any atom is -0.381 e. The van der Waals surface area contributed by atoms with Crippen molar-refractivity contribution in [3.05, 3.63) is 42.2 Å². The third-order valence-corrected chi connectivity index (χ3v) is 4.87. The number of aromatic amines is 1. The van der Waals surface area contributed by atoms with Gasteiger partial charge in [0, 0.05) is 54.8 Å². The van der Waals surface area contributed by atoms with Crippen LogP contribution in [-0.4, -0.2) is 42.4 Å². The van der Waals surface area contributed by atoms with Crippen molar-refractivity contribution in [1.29, 1.82) is 0 Å². The Kier molecular flexibility index (Phi) is 4.16. The van der Waals surface area contributed by atoms with Crippen LogP contribution in [0.1, 0.15) is 24.8 Å². The molecule has 0 spiro atoms. The molecule has 0 aliphatic carbocycles. The summed E-state index contributed by atoms with van der Waals surface area (Å²) in [5, 5.41) is 1.23. The number of aliphatic imine (C=N–C) groups is 1. The Morgan fingerprint density at radius 3 is 3.04 bits per heavy atom. The number of H-pyrrole nitrogens is 1. The summed E-state index contributed by atoms with van der Waals surface area (Å²) in [4.78, 5) is 10.2. The second-order valence-electron chi connectivity index (χ2n) is 6.45. The Labute approximate surface area is 136 Å². The van der Waals surface area contributed by atoms with E-state index in [0.29, 0.717) is 0 Å². The number of hydrogen-bond donors (Lipinski definition) is 1. The smallest absolute Gasteiger partial charge is 0.0857 e. The van der Waals surface area contributed by atoms with Crippen LogP contribution in [0.5, 0.6) is 0 Å². The second kappa shape index (κ2) is 6.59. The number of hydrogen-bond acceptors (Lipinski definition) is 3. The van der Waals surface area contributed by atoms with Gasteiger partial charge in [-0.3, -0.25) is 4.99 Å². The molecule has 1 aromatic carbocycles. The third kappa shape index (κ3) is 3.32. The number of nitrogens with one attached hydrogen (secondary N) is 1. The number of aromatic nitrogens is 1. The Hall–Kier alpha value is -2.07. The van der Waals surface area contributed by atoms with E-state index in [1.807, 2.05) is 12.4 Å². The zero-order chi connectivity index (χ0) is 15.5. The van der Waals surface area contributed by atoms with Gasteiger partial charge in [-0.1, -0.05) is 6.07 Å². The van der Waals surface area contributed by atoms with Gasteiger partial charge in [0.05, 0.1) is 12.2 Å². The fourth-order valence-corrected chi connectivity index (χ4v) is 3.40. The molecule has 0 atom stereocenters. The highest BCUT2D eigenvalue weighted by Crippen LogP contribution is 2.24. The van der Waals surface area contributed by atoms with Gasteiger partial charge in [-0.05, 0) is 43.4 Å². The minimum atomic E-state index is 0.815. The van der Waals surface area contributed by atoms with E-state index in [2.05, 4.69) is 45.3 Å². The molecule has 1 N–H and O–H groups in total. The van der Waals surface area contributed by atoms with Gasteiger partial charge in [-0.25, -0.2) is 0 Å². The van der Waals surface area contributed by atoms with E-state index in [4.69, 9.17) is 4.74 Å². The molecule has 3 heterocycles. The first-order valence-electron chi connectivity index (χ1n) is 8.52. The van der Waals surface area contributed by atoms with Crippen molar-refractivity contribution in [3.63, 3.8) is 0 Å². The summed E-state index contributed by atoms with van der Waals surface area (Å²) in [5.74, 6) is 0.815. The highest BCUT2D eigenvalue weighted by Gasteiger charge is 2.15. The summed E-state index contributed by atoms with van der Waals surface area (Å²) < 4.78 is 5.45. The van der Waals surface area contributed by atoms with Crippen LogP contribution >= 0.6 is 0 Å². The maximum atomic E-state index is 5.45. The van der Waals surface area contributed by atoms with Gasteiger partial charge in [-0.15, -0.1) is 0 Å². The lowest BCUT2D eigenvalue weighted by atomic mass is 9.96. The summed E-state index contributed by atoms with van der Waals surface area (Å²) in [6, 6.07) is 8.58. The average molecular weight is 309 g/mol. The molecule has 1 aromatic heterocycles. The summed E-state index contributed by atoms with van der Waals surface area (Å²) in [5.41, 5.74) is 3.42. The van der Waals surface area contributed by atoms with Gasteiger partial charge in [0.25, 0.3) is 0 Å². The molecule has 4 rings (SSSR count). The van der Waals surface area contributed by atoms with Crippen molar-refractivity contribution in [2.75, 3.05) is 26.3 Å². The highest BCUT2D eigenvalue weighted by molar-refractivity contribution is 5.85. The van der Waals surface area contributed by atoms with Crippen molar-refractivity contribution in [1.82, 2.24) is 9.88 Å². The molecule has 0 radical (unpaired) electrons. The van der Waals surface area contributed by atoms with Crippen LogP contribution in [-0.2, 0) is 4.74 Å². The van der Waals surface area contributed by atoms with Crippen LogP contribution in [0.2, 0.25) is 0 Å².